The molecule has 3 heterocycles. The molecule has 0 spiro atoms. The highest BCUT2D eigenvalue weighted by molar-refractivity contribution is 5.57. The Morgan fingerprint density at radius 1 is 0.875 bits per heavy atom. The Labute approximate surface area is 139 Å². The molecular weight excluding hydrogens is 300 g/mol. The van der Waals surface area contributed by atoms with Crippen molar-refractivity contribution in [2.45, 2.75) is 13.8 Å². The molecule has 3 aromatic heterocycles. The summed E-state index contributed by atoms with van der Waals surface area (Å²) in [5.41, 5.74) is 2.93. The fourth-order valence-electron chi connectivity index (χ4n) is 2.63. The van der Waals surface area contributed by atoms with E-state index in [4.69, 9.17) is 4.98 Å². The SMILES string of the molecule is Cc1cc(C)n(-c2cc(-n3cccn3)nc(-c3ccccc3)n2)n1. The minimum Gasteiger partial charge on any atom is -0.222 e. The first kappa shape index (κ1) is 14.3. The molecule has 0 aliphatic carbocycles. The molecule has 0 radical (unpaired) electrons. The van der Waals surface area contributed by atoms with Crippen LogP contribution in [0.5, 0.6) is 0 Å². The lowest BCUT2D eigenvalue weighted by atomic mass is 10.2. The summed E-state index contributed by atoms with van der Waals surface area (Å²) in [6.07, 6.45) is 3.59. The van der Waals surface area contributed by atoms with Crippen molar-refractivity contribution in [2.24, 2.45) is 0 Å². The molecule has 0 N–H and O–H groups in total. The van der Waals surface area contributed by atoms with Crippen LogP contribution in [-0.2, 0) is 0 Å². The molecule has 1 aromatic carbocycles. The molecule has 0 amide bonds. The van der Waals surface area contributed by atoms with Crippen LogP contribution >= 0.6 is 0 Å². The maximum Gasteiger partial charge on any atom is 0.164 e. The Bertz CT molecular complexity index is 970. The van der Waals surface area contributed by atoms with E-state index in [1.54, 1.807) is 10.9 Å². The molecule has 0 fully saturated rings. The zero-order valence-electron chi connectivity index (χ0n) is 13.5. The molecule has 0 saturated heterocycles. The smallest absolute Gasteiger partial charge is 0.164 e. The minimum atomic E-state index is 0.645. The quantitative estimate of drug-likeness (QED) is 0.582. The van der Waals surface area contributed by atoms with Crippen molar-refractivity contribution < 1.29 is 0 Å². The van der Waals surface area contributed by atoms with Crippen LogP contribution in [0.2, 0.25) is 0 Å². The predicted octanol–water partition coefficient (Wildman–Crippen LogP) is 3.13. The van der Waals surface area contributed by atoms with Crippen LogP contribution in [0.1, 0.15) is 11.4 Å². The summed E-state index contributed by atoms with van der Waals surface area (Å²) >= 11 is 0. The van der Waals surface area contributed by atoms with Gasteiger partial charge in [-0.1, -0.05) is 30.3 Å². The summed E-state index contributed by atoms with van der Waals surface area (Å²) in [5.74, 6) is 2.07. The van der Waals surface area contributed by atoms with Gasteiger partial charge >= 0.3 is 0 Å². The summed E-state index contributed by atoms with van der Waals surface area (Å²) < 4.78 is 3.56. The number of aromatic nitrogens is 6. The molecule has 0 aliphatic heterocycles. The first-order valence-electron chi connectivity index (χ1n) is 7.69. The van der Waals surface area contributed by atoms with Crippen LogP contribution in [0.25, 0.3) is 23.0 Å². The maximum absolute atomic E-state index is 4.71. The Balaban J connectivity index is 1.93. The van der Waals surface area contributed by atoms with Crippen molar-refractivity contribution in [1.29, 1.82) is 0 Å². The van der Waals surface area contributed by atoms with Crippen LogP contribution in [0, 0.1) is 13.8 Å². The van der Waals surface area contributed by atoms with Crippen molar-refractivity contribution in [3.8, 4) is 23.0 Å². The van der Waals surface area contributed by atoms with E-state index < -0.39 is 0 Å². The monoisotopic (exact) mass is 316 g/mol. The maximum atomic E-state index is 4.71. The summed E-state index contributed by atoms with van der Waals surface area (Å²) in [6, 6.07) is 15.7. The number of rotatable bonds is 3. The lowest BCUT2D eigenvalue weighted by Gasteiger charge is -2.09. The van der Waals surface area contributed by atoms with E-state index in [0.717, 1.165) is 22.8 Å². The van der Waals surface area contributed by atoms with E-state index in [2.05, 4.69) is 15.2 Å². The van der Waals surface area contributed by atoms with Crippen LogP contribution in [0.3, 0.4) is 0 Å². The van der Waals surface area contributed by atoms with Gasteiger partial charge in [0.25, 0.3) is 0 Å². The molecule has 24 heavy (non-hydrogen) atoms. The van der Waals surface area contributed by atoms with Crippen LogP contribution in [0.4, 0.5) is 0 Å². The van der Waals surface area contributed by atoms with Crippen molar-refractivity contribution in [3.63, 3.8) is 0 Å². The average Bonchev–Trinajstić information content (AvgIpc) is 3.25. The molecule has 4 aromatic rings. The molecule has 0 atom stereocenters. The van der Waals surface area contributed by atoms with Crippen molar-refractivity contribution in [3.05, 3.63) is 72.3 Å². The van der Waals surface area contributed by atoms with Gasteiger partial charge in [0.2, 0.25) is 0 Å². The van der Waals surface area contributed by atoms with Crippen molar-refractivity contribution in [1.82, 2.24) is 29.5 Å². The number of benzene rings is 1. The molecule has 0 bridgehead atoms. The lowest BCUT2D eigenvalue weighted by molar-refractivity contribution is 0.784. The first-order valence-corrected chi connectivity index (χ1v) is 7.69. The van der Waals surface area contributed by atoms with E-state index in [9.17, 15) is 0 Å². The summed E-state index contributed by atoms with van der Waals surface area (Å²) in [5, 5.41) is 8.81. The largest absolute Gasteiger partial charge is 0.222 e. The molecule has 0 saturated carbocycles. The fourth-order valence-corrected chi connectivity index (χ4v) is 2.63. The second-order valence-corrected chi connectivity index (χ2v) is 5.56. The molecule has 0 aliphatic rings. The third-order valence-electron chi connectivity index (χ3n) is 3.70. The summed E-state index contributed by atoms with van der Waals surface area (Å²) in [7, 11) is 0. The van der Waals surface area contributed by atoms with E-state index in [1.807, 2.05) is 73.3 Å². The Hall–Kier alpha value is -3.28. The van der Waals surface area contributed by atoms with Crippen molar-refractivity contribution in [2.75, 3.05) is 0 Å². The molecule has 6 nitrogen and oxygen atoms in total. The highest BCUT2D eigenvalue weighted by Crippen LogP contribution is 2.20. The van der Waals surface area contributed by atoms with Gasteiger partial charge < -0.3 is 0 Å². The molecular formula is C18H16N6. The van der Waals surface area contributed by atoms with Gasteiger partial charge in [0.15, 0.2) is 17.5 Å². The molecule has 4 rings (SSSR count). The third-order valence-corrected chi connectivity index (χ3v) is 3.70. The third kappa shape index (κ3) is 2.58. The minimum absolute atomic E-state index is 0.645. The zero-order valence-corrected chi connectivity index (χ0v) is 13.5. The second kappa shape index (κ2) is 5.73. The van der Waals surface area contributed by atoms with Gasteiger partial charge in [0.05, 0.1) is 5.69 Å². The Kier molecular flexibility index (Phi) is 3.42. The van der Waals surface area contributed by atoms with Crippen molar-refractivity contribution >= 4 is 0 Å². The second-order valence-electron chi connectivity index (χ2n) is 5.56. The Morgan fingerprint density at radius 3 is 2.33 bits per heavy atom. The zero-order chi connectivity index (χ0) is 16.5. The van der Waals surface area contributed by atoms with Gasteiger partial charge in [-0.25, -0.2) is 19.3 Å². The predicted molar refractivity (Wildman–Crippen MR) is 91.2 cm³/mol. The van der Waals surface area contributed by atoms with E-state index in [-0.39, 0.29) is 0 Å². The topological polar surface area (TPSA) is 61.4 Å². The normalized spacial score (nSPS) is 10.9. The lowest BCUT2D eigenvalue weighted by Crippen LogP contribution is -2.08. The number of aryl methyl sites for hydroxylation is 2. The van der Waals surface area contributed by atoms with Gasteiger partial charge in [-0.15, -0.1) is 0 Å². The highest BCUT2D eigenvalue weighted by atomic mass is 15.3. The van der Waals surface area contributed by atoms with Crippen LogP contribution < -0.4 is 0 Å². The van der Waals surface area contributed by atoms with Crippen LogP contribution in [-0.4, -0.2) is 29.5 Å². The Morgan fingerprint density at radius 2 is 1.67 bits per heavy atom. The summed E-state index contributed by atoms with van der Waals surface area (Å²) in [6.45, 7) is 3.98. The van der Waals surface area contributed by atoms with Crippen LogP contribution in [0.15, 0.2) is 60.9 Å². The number of hydrogen-bond acceptors (Lipinski definition) is 4. The van der Waals surface area contributed by atoms with Gasteiger partial charge in [-0.05, 0) is 26.0 Å². The van der Waals surface area contributed by atoms with E-state index in [0.29, 0.717) is 11.6 Å². The first-order chi connectivity index (χ1) is 11.7. The van der Waals surface area contributed by atoms with Gasteiger partial charge in [-0.3, -0.25) is 0 Å². The van der Waals surface area contributed by atoms with Gasteiger partial charge in [-0.2, -0.15) is 10.2 Å². The highest BCUT2D eigenvalue weighted by Gasteiger charge is 2.12. The average molecular weight is 316 g/mol. The summed E-state index contributed by atoms with van der Waals surface area (Å²) in [4.78, 5) is 9.36. The number of hydrogen-bond donors (Lipinski definition) is 0. The molecule has 0 unspecified atom stereocenters. The number of nitrogens with zero attached hydrogens (tertiary/aromatic N) is 6. The van der Waals surface area contributed by atoms with Gasteiger partial charge in [0.1, 0.15) is 0 Å². The molecule has 6 heteroatoms. The van der Waals surface area contributed by atoms with E-state index in [1.165, 1.54) is 0 Å². The fraction of sp³-hybridized carbons (Fsp3) is 0.111. The van der Waals surface area contributed by atoms with Gasteiger partial charge in [0, 0.05) is 29.7 Å². The standard InChI is InChI=1S/C18H16N6/c1-13-11-14(2)24(22-13)17-12-16(23-10-6-9-19-23)20-18(21-17)15-7-4-3-5-8-15/h3-12H,1-2H3. The molecule has 118 valence electrons. The van der Waals surface area contributed by atoms with E-state index >= 15 is 0 Å².